The van der Waals surface area contributed by atoms with E-state index in [1.807, 2.05) is 0 Å². The minimum Gasteiger partial charge on any atom is -0.307 e. The second kappa shape index (κ2) is 7.71. The summed E-state index contributed by atoms with van der Waals surface area (Å²) in [4.78, 5) is 14.9. The molecule has 1 atom stereocenters. The summed E-state index contributed by atoms with van der Waals surface area (Å²) in [5.74, 6) is 0. The lowest BCUT2D eigenvalue weighted by Crippen LogP contribution is -2.48. The molecule has 0 spiro atoms. The molecular formula is C21H25ClF3N2O. The lowest BCUT2D eigenvalue weighted by molar-refractivity contribution is -0.137. The summed E-state index contributed by atoms with van der Waals surface area (Å²) in [7, 11) is 0. The van der Waals surface area contributed by atoms with Gasteiger partial charge in [0.15, 0.2) is 0 Å². The molecule has 0 amide bonds. The molecule has 7 heteroatoms. The molecule has 1 saturated heterocycles. The molecule has 1 aromatic heterocycles. The number of likely N-dealkylation sites (tertiary alicyclic amines) is 1. The molecule has 1 aliphatic heterocycles. The molecular weight excluding hydrogens is 389 g/mol. The smallest absolute Gasteiger partial charge is 0.307 e. The summed E-state index contributed by atoms with van der Waals surface area (Å²) < 4.78 is 40.9. The van der Waals surface area contributed by atoms with Gasteiger partial charge in [-0.2, -0.15) is 13.2 Å². The number of halogens is 4. The van der Waals surface area contributed by atoms with E-state index < -0.39 is 11.7 Å². The zero-order valence-corrected chi connectivity index (χ0v) is 17.1. The van der Waals surface area contributed by atoms with Gasteiger partial charge >= 0.3 is 6.18 Å². The molecule has 2 heterocycles. The SMILES string of the molecule is CC(C)(C)C1C[CH]CCN1CCn1c(=O)cc(Cl)c2ccc(C(F)(F)F)cc21. The van der Waals surface area contributed by atoms with Gasteiger partial charge in [-0.3, -0.25) is 9.69 Å². The number of fused-ring (bicyclic) bond motifs is 1. The van der Waals surface area contributed by atoms with E-state index in [2.05, 4.69) is 32.1 Å². The van der Waals surface area contributed by atoms with Gasteiger partial charge in [0, 0.05) is 30.6 Å². The first kappa shape index (κ1) is 21.2. The molecule has 1 unspecified atom stereocenters. The van der Waals surface area contributed by atoms with Crippen LogP contribution in [0.3, 0.4) is 0 Å². The average molecular weight is 414 g/mol. The van der Waals surface area contributed by atoms with Crippen molar-refractivity contribution in [1.29, 1.82) is 0 Å². The van der Waals surface area contributed by atoms with Gasteiger partial charge in [0.2, 0.25) is 0 Å². The summed E-state index contributed by atoms with van der Waals surface area (Å²) in [5.41, 5.74) is -0.862. The number of aromatic nitrogens is 1. The van der Waals surface area contributed by atoms with Gasteiger partial charge in [-0.25, -0.2) is 0 Å². The van der Waals surface area contributed by atoms with Crippen LogP contribution in [0, 0.1) is 11.8 Å². The summed E-state index contributed by atoms with van der Waals surface area (Å²) in [5, 5.41) is 0.624. The lowest BCUT2D eigenvalue weighted by atomic mass is 9.80. The van der Waals surface area contributed by atoms with Crippen molar-refractivity contribution in [3.63, 3.8) is 0 Å². The maximum absolute atomic E-state index is 13.2. The van der Waals surface area contributed by atoms with Crippen LogP contribution in [0.4, 0.5) is 13.2 Å². The highest BCUT2D eigenvalue weighted by Gasteiger charge is 2.33. The van der Waals surface area contributed by atoms with Crippen molar-refractivity contribution in [3.8, 4) is 0 Å². The first-order valence-corrected chi connectivity index (χ1v) is 9.82. The van der Waals surface area contributed by atoms with Crippen molar-refractivity contribution in [3.05, 3.63) is 51.6 Å². The van der Waals surface area contributed by atoms with E-state index in [1.54, 1.807) is 0 Å². The highest BCUT2D eigenvalue weighted by atomic mass is 35.5. The van der Waals surface area contributed by atoms with Crippen molar-refractivity contribution in [2.75, 3.05) is 13.1 Å². The van der Waals surface area contributed by atoms with Crippen molar-refractivity contribution < 1.29 is 13.2 Å². The molecule has 1 fully saturated rings. The number of hydrogen-bond donors (Lipinski definition) is 0. The van der Waals surface area contributed by atoms with E-state index in [4.69, 9.17) is 11.6 Å². The average Bonchev–Trinajstić information content (AvgIpc) is 2.59. The van der Waals surface area contributed by atoms with E-state index in [1.165, 1.54) is 16.7 Å². The van der Waals surface area contributed by atoms with Gasteiger partial charge < -0.3 is 4.57 Å². The van der Waals surface area contributed by atoms with E-state index in [0.29, 0.717) is 24.5 Å². The van der Waals surface area contributed by atoms with Gasteiger partial charge in [0.05, 0.1) is 16.1 Å². The zero-order chi connectivity index (χ0) is 20.7. The molecule has 3 nitrogen and oxygen atoms in total. The van der Waals surface area contributed by atoms with Crippen molar-refractivity contribution in [2.24, 2.45) is 5.41 Å². The maximum atomic E-state index is 13.2. The van der Waals surface area contributed by atoms with Crippen molar-refractivity contribution in [1.82, 2.24) is 9.47 Å². The number of hydrogen-bond acceptors (Lipinski definition) is 2. The molecule has 1 aromatic carbocycles. The van der Waals surface area contributed by atoms with Crippen LogP contribution >= 0.6 is 11.6 Å². The second-order valence-electron chi connectivity index (χ2n) is 8.44. The van der Waals surface area contributed by atoms with E-state index in [9.17, 15) is 18.0 Å². The van der Waals surface area contributed by atoms with E-state index in [-0.39, 0.29) is 21.5 Å². The molecule has 1 radical (unpaired) electrons. The Labute approximate surface area is 168 Å². The fourth-order valence-corrected chi connectivity index (χ4v) is 4.23. The molecule has 3 rings (SSSR count). The van der Waals surface area contributed by atoms with Crippen LogP contribution in [0.25, 0.3) is 10.9 Å². The first-order chi connectivity index (χ1) is 13.0. The summed E-state index contributed by atoms with van der Waals surface area (Å²) >= 11 is 6.12. The Hall–Kier alpha value is -1.53. The molecule has 0 bridgehead atoms. The monoisotopic (exact) mass is 413 g/mol. The predicted molar refractivity (Wildman–Crippen MR) is 107 cm³/mol. The number of benzene rings is 1. The Morgan fingerprint density at radius 3 is 2.50 bits per heavy atom. The molecule has 0 N–H and O–H groups in total. The van der Waals surface area contributed by atoms with Gasteiger partial charge in [-0.05, 0) is 43.4 Å². The quantitative estimate of drug-likeness (QED) is 0.674. The molecule has 153 valence electrons. The third-order valence-electron chi connectivity index (χ3n) is 5.45. The minimum absolute atomic E-state index is 0.0768. The molecule has 0 aliphatic carbocycles. The Balaban J connectivity index is 1.97. The van der Waals surface area contributed by atoms with Gasteiger partial charge in [-0.1, -0.05) is 38.4 Å². The van der Waals surface area contributed by atoms with Gasteiger partial charge in [-0.15, -0.1) is 0 Å². The van der Waals surface area contributed by atoms with Crippen molar-refractivity contribution in [2.45, 2.75) is 52.4 Å². The zero-order valence-electron chi connectivity index (χ0n) is 16.3. The highest BCUT2D eigenvalue weighted by molar-refractivity contribution is 6.35. The van der Waals surface area contributed by atoms with Crippen LogP contribution in [0.1, 0.15) is 39.2 Å². The summed E-state index contributed by atoms with van der Waals surface area (Å²) in [6.07, 6.45) is -0.248. The number of pyridine rings is 1. The van der Waals surface area contributed by atoms with Crippen molar-refractivity contribution >= 4 is 22.5 Å². The first-order valence-electron chi connectivity index (χ1n) is 9.44. The summed E-state index contributed by atoms with van der Waals surface area (Å²) in [6.45, 7) is 8.36. The van der Waals surface area contributed by atoms with Crippen LogP contribution in [0.5, 0.6) is 0 Å². The number of piperidine rings is 1. The Bertz CT molecular complexity index is 915. The Morgan fingerprint density at radius 2 is 1.86 bits per heavy atom. The van der Waals surface area contributed by atoms with Crippen LogP contribution in [0.2, 0.25) is 5.02 Å². The lowest BCUT2D eigenvalue weighted by Gasteiger charge is -2.43. The number of alkyl halides is 3. The second-order valence-corrected chi connectivity index (χ2v) is 8.85. The molecule has 1 aliphatic rings. The fourth-order valence-electron chi connectivity index (χ4n) is 3.98. The normalized spacial score (nSPS) is 19.3. The van der Waals surface area contributed by atoms with E-state index >= 15 is 0 Å². The Kier molecular flexibility index (Phi) is 5.84. The molecule has 28 heavy (non-hydrogen) atoms. The minimum atomic E-state index is -4.47. The van der Waals surface area contributed by atoms with E-state index in [0.717, 1.165) is 31.5 Å². The van der Waals surface area contributed by atoms with Crippen LogP contribution in [0.15, 0.2) is 29.1 Å². The van der Waals surface area contributed by atoms with Crippen LogP contribution in [-0.4, -0.2) is 28.6 Å². The standard InChI is InChI=1S/C21H25ClF3N2O/c1-20(2,3)18-6-4-5-9-26(18)10-11-27-17-12-14(21(23,24)25)7-8-15(17)16(22)13-19(27)28/h4,7-8,12-13,18H,5-6,9-11H2,1-3H3. The third-order valence-corrected chi connectivity index (χ3v) is 5.76. The third kappa shape index (κ3) is 4.38. The number of nitrogens with zero attached hydrogens (tertiary/aromatic N) is 2. The van der Waals surface area contributed by atoms with Crippen LogP contribution in [-0.2, 0) is 12.7 Å². The van der Waals surface area contributed by atoms with Gasteiger partial charge in [0.1, 0.15) is 0 Å². The van der Waals surface area contributed by atoms with Crippen LogP contribution < -0.4 is 5.56 Å². The largest absolute Gasteiger partial charge is 0.416 e. The summed E-state index contributed by atoms with van der Waals surface area (Å²) in [6, 6.07) is 4.97. The maximum Gasteiger partial charge on any atom is 0.416 e. The topological polar surface area (TPSA) is 25.2 Å². The molecule has 0 saturated carbocycles. The predicted octanol–water partition coefficient (Wildman–Crippen LogP) is 5.39. The van der Waals surface area contributed by atoms with Gasteiger partial charge in [0.25, 0.3) is 5.56 Å². The Morgan fingerprint density at radius 1 is 1.14 bits per heavy atom. The highest BCUT2D eigenvalue weighted by Crippen LogP contribution is 2.33. The number of rotatable bonds is 3. The fraction of sp³-hybridized carbons (Fsp3) is 0.524. The molecule has 2 aromatic rings.